The molecule has 18 heavy (non-hydrogen) atoms. The fourth-order valence-electron chi connectivity index (χ4n) is 1.77. The Morgan fingerprint density at radius 3 is 3.00 bits per heavy atom. The van der Waals surface area contributed by atoms with Crippen LogP contribution in [0.1, 0.15) is 6.42 Å². The summed E-state index contributed by atoms with van der Waals surface area (Å²) in [6.07, 6.45) is 0.335. The van der Waals surface area contributed by atoms with Gasteiger partial charge in [0, 0.05) is 18.8 Å². The van der Waals surface area contributed by atoms with Crippen LogP contribution in [0.5, 0.6) is 0 Å². The van der Waals surface area contributed by atoms with Crippen molar-refractivity contribution in [1.82, 2.24) is 19.8 Å². The lowest BCUT2D eigenvalue weighted by atomic mass is 10.3. The molecular formula is C9H14F2N4O2S. The molecule has 1 aromatic heterocycles. The Labute approximate surface area is 103 Å². The number of alkyl halides is 2. The smallest absolute Gasteiger partial charge is 0.257 e. The Hall–Kier alpha value is -1.06. The lowest BCUT2D eigenvalue weighted by Crippen LogP contribution is -2.36. The predicted molar refractivity (Wildman–Crippen MR) is 59.8 cm³/mol. The van der Waals surface area contributed by atoms with Crippen LogP contribution in [-0.4, -0.2) is 43.8 Å². The van der Waals surface area contributed by atoms with Gasteiger partial charge in [0.05, 0.1) is 6.20 Å². The Morgan fingerprint density at radius 2 is 2.39 bits per heavy atom. The number of aromatic nitrogens is 2. The number of halogens is 2. The van der Waals surface area contributed by atoms with Crippen molar-refractivity contribution in [3.8, 4) is 0 Å². The third-order valence-electron chi connectivity index (χ3n) is 2.63. The minimum Gasteiger partial charge on any atom is -0.315 e. The van der Waals surface area contributed by atoms with E-state index in [0.29, 0.717) is 13.0 Å². The Kier molecular flexibility index (Phi) is 3.93. The Morgan fingerprint density at radius 1 is 1.61 bits per heavy atom. The zero-order chi connectivity index (χ0) is 13.2. The molecule has 0 saturated carbocycles. The highest BCUT2D eigenvalue weighted by Gasteiger charge is 2.24. The number of rotatable bonds is 5. The molecule has 2 N–H and O–H groups in total. The highest BCUT2D eigenvalue weighted by Crippen LogP contribution is 2.10. The van der Waals surface area contributed by atoms with Gasteiger partial charge < -0.3 is 5.32 Å². The van der Waals surface area contributed by atoms with E-state index < -0.39 is 23.0 Å². The van der Waals surface area contributed by atoms with E-state index >= 15 is 0 Å². The van der Waals surface area contributed by atoms with Crippen LogP contribution < -0.4 is 10.0 Å². The van der Waals surface area contributed by atoms with E-state index in [1.807, 2.05) is 0 Å². The van der Waals surface area contributed by atoms with Crippen molar-refractivity contribution in [1.29, 1.82) is 0 Å². The summed E-state index contributed by atoms with van der Waals surface area (Å²) in [5.41, 5.74) is 0. The third-order valence-corrected chi connectivity index (χ3v) is 4.10. The van der Waals surface area contributed by atoms with E-state index in [2.05, 4.69) is 15.1 Å². The maximum atomic E-state index is 12.1. The standard InChI is InChI=1S/C9H14F2N4O2S/c10-9(11)6-15-5-8(4-13-15)18(16,17)14-7-1-2-12-3-7/h4-5,7,9,12,14H,1-3,6H2. The zero-order valence-electron chi connectivity index (χ0n) is 9.51. The number of sulfonamides is 1. The molecule has 0 aliphatic carbocycles. The van der Waals surface area contributed by atoms with E-state index in [1.54, 1.807) is 0 Å². The molecule has 2 rings (SSSR count). The lowest BCUT2D eigenvalue weighted by Gasteiger charge is -2.10. The quantitative estimate of drug-likeness (QED) is 0.782. The monoisotopic (exact) mass is 280 g/mol. The van der Waals surface area contributed by atoms with Crippen molar-refractivity contribution < 1.29 is 17.2 Å². The second kappa shape index (κ2) is 5.29. The topological polar surface area (TPSA) is 76.0 Å². The Balaban J connectivity index is 2.06. The molecule has 0 bridgehead atoms. The molecule has 0 amide bonds. The van der Waals surface area contributed by atoms with Gasteiger partial charge in [0.15, 0.2) is 0 Å². The summed E-state index contributed by atoms with van der Waals surface area (Å²) < 4.78 is 51.5. The van der Waals surface area contributed by atoms with E-state index in [4.69, 9.17) is 0 Å². The van der Waals surface area contributed by atoms with Crippen molar-refractivity contribution in [2.75, 3.05) is 13.1 Å². The van der Waals surface area contributed by atoms with Gasteiger partial charge in [0.1, 0.15) is 11.4 Å². The average molecular weight is 280 g/mol. The summed E-state index contributed by atoms with van der Waals surface area (Å²) in [5.74, 6) is 0. The highest BCUT2D eigenvalue weighted by atomic mass is 32.2. The summed E-state index contributed by atoms with van der Waals surface area (Å²) in [6.45, 7) is 0.725. The van der Waals surface area contributed by atoms with Gasteiger partial charge in [-0.15, -0.1) is 0 Å². The summed E-state index contributed by atoms with van der Waals surface area (Å²) >= 11 is 0. The molecule has 6 nitrogen and oxygen atoms in total. The van der Waals surface area contributed by atoms with Gasteiger partial charge in [-0.3, -0.25) is 4.68 Å². The molecule has 1 saturated heterocycles. The molecule has 2 heterocycles. The molecule has 0 spiro atoms. The molecule has 1 aromatic rings. The predicted octanol–water partition coefficient (Wildman–Crippen LogP) is -0.212. The SMILES string of the molecule is O=S(=O)(NC1CCNC1)c1cnn(CC(F)F)c1. The summed E-state index contributed by atoms with van der Waals surface area (Å²) in [4.78, 5) is -0.0879. The van der Waals surface area contributed by atoms with Crippen LogP contribution in [0.25, 0.3) is 0 Å². The minimum atomic E-state index is -3.68. The van der Waals surface area contributed by atoms with Gasteiger partial charge >= 0.3 is 0 Å². The van der Waals surface area contributed by atoms with Crippen LogP contribution in [0, 0.1) is 0 Å². The van der Waals surface area contributed by atoms with Crippen LogP contribution in [0.4, 0.5) is 8.78 Å². The van der Waals surface area contributed by atoms with Crippen LogP contribution in [0.15, 0.2) is 17.3 Å². The molecule has 0 radical (unpaired) electrons. The van der Waals surface area contributed by atoms with E-state index in [-0.39, 0.29) is 10.9 Å². The molecular weight excluding hydrogens is 266 g/mol. The number of nitrogens with zero attached hydrogens (tertiary/aromatic N) is 2. The minimum absolute atomic E-state index is 0.0879. The van der Waals surface area contributed by atoms with Crippen molar-refractivity contribution >= 4 is 10.0 Å². The molecule has 1 unspecified atom stereocenters. The zero-order valence-corrected chi connectivity index (χ0v) is 10.3. The van der Waals surface area contributed by atoms with E-state index in [0.717, 1.165) is 23.6 Å². The van der Waals surface area contributed by atoms with E-state index in [1.165, 1.54) is 0 Å². The number of hydrogen-bond donors (Lipinski definition) is 2. The first-order valence-electron chi connectivity index (χ1n) is 5.51. The molecule has 1 atom stereocenters. The lowest BCUT2D eigenvalue weighted by molar-refractivity contribution is 0.121. The average Bonchev–Trinajstić information content (AvgIpc) is 2.87. The molecule has 1 fully saturated rings. The second-order valence-electron chi connectivity index (χ2n) is 4.10. The first-order valence-corrected chi connectivity index (χ1v) is 6.99. The van der Waals surface area contributed by atoms with Gasteiger partial charge in [-0.1, -0.05) is 0 Å². The molecule has 102 valence electrons. The first-order chi connectivity index (χ1) is 8.47. The number of hydrogen-bond acceptors (Lipinski definition) is 4. The molecule has 1 aliphatic heterocycles. The summed E-state index contributed by atoms with van der Waals surface area (Å²) in [5, 5.41) is 6.63. The molecule has 1 aliphatic rings. The van der Waals surface area contributed by atoms with Gasteiger partial charge in [0.25, 0.3) is 6.43 Å². The second-order valence-corrected chi connectivity index (χ2v) is 5.81. The van der Waals surface area contributed by atoms with Gasteiger partial charge in [-0.05, 0) is 13.0 Å². The van der Waals surface area contributed by atoms with Crippen molar-refractivity contribution in [3.05, 3.63) is 12.4 Å². The van der Waals surface area contributed by atoms with Crippen LogP contribution in [-0.2, 0) is 16.6 Å². The van der Waals surface area contributed by atoms with Gasteiger partial charge in [-0.2, -0.15) is 5.10 Å². The first kappa shape index (κ1) is 13.4. The highest BCUT2D eigenvalue weighted by molar-refractivity contribution is 7.89. The third kappa shape index (κ3) is 3.24. The maximum Gasteiger partial charge on any atom is 0.257 e. The van der Waals surface area contributed by atoms with Crippen molar-refractivity contribution in [2.45, 2.75) is 30.3 Å². The maximum absolute atomic E-state index is 12.1. The van der Waals surface area contributed by atoms with Crippen molar-refractivity contribution in [2.24, 2.45) is 0 Å². The fraction of sp³-hybridized carbons (Fsp3) is 0.667. The summed E-state index contributed by atoms with van der Waals surface area (Å²) in [6, 6.07) is -0.159. The number of nitrogens with one attached hydrogen (secondary N) is 2. The Bertz CT molecular complexity index is 496. The molecule has 0 aromatic carbocycles. The van der Waals surface area contributed by atoms with Gasteiger partial charge in [0.2, 0.25) is 10.0 Å². The van der Waals surface area contributed by atoms with Crippen LogP contribution in [0.2, 0.25) is 0 Å². The van der Waals surface area contributed by atoms with Crippen LogP contribution >= 0.6 is 0 Å². The normalized spacial score (nSPS) is 20.7. The van der Waals surface area contributed by atoms with Gasteiger partial charge in [-0.25, -0.2) is 21.9 Å². The van der Waals surface area contributed by atoms with E-state index in [9.17, 15) is 17.2 Å². The molecule has 9 heteroatoms. The summed E-state index contributed by atoms with van der Waals surface area (Å²) in [7, 11) is -3.68. The van der Waals surface area contributed by atoms with Crippen LogP contribution in [0.3, 0.4) is 0 Å². The fourth-order valence-corrected chi connectivity index (χ4v) is 2.99. The van der Waals surface area contributed by atoms with Crippen molar-refractivity contribution in [3.63, 3.8) is 0 Å². The largest absolute Gasteiger partial charge is 0.315 e.